The van der Waals surface area contributed by atoms with Crippen LogP contribution in [0.3, 0.4) is 0 Å². The maximum atomic E-state index is 7.03. The van der Waals surface area contributed by atoms with E-state index in [2.05, 4.69) is 91.0 Å². The van der Waals surface area contributed by atoms with Crippen molar-refractivity contribution in [2.45, 2.75) is 5.41 Å². The molecule has 0 saturated heterocycles. The van der Waals surface area contributed by atoms with Crippen molar-refractivity contribution in [2.75, 3.05) is 0 Å². The summed E-state index contributed by atoms with van der Waals surface area (Å²) in [5.74, 6) is 5.01. The molecule has 262 valence electrons. The van der Waals surface area contributed by atoms with Crippen molar-refractivity contribution in [1.29, 1.82) is 0 Å². The first kappa shape index (κ1) is 31.2. The zero-order chi connectivity index (χ0) is 36.8. The lowest BCUT2D eigenvalue weighted by Crippen LogP contribution is -2.30. The standard InChI is InChI=1S/C50H29N3O2S/c1-3-14-31(15-4-1)47-51-48(32-16-5-2-6-17-32)53-49(52-47)33-28-26-30(27-29-33)34-20-13-22-38-42(34)35-18-7-9-21-37(35)50(38)45-44(54-39-23-10-11-24-40(39)55-45)43-36-19-8-12-25-41(36)56-46(43)50/h1-29H. The molecule has 0 N–H and O–H groups in total. The van der Waals surface area contributed by atoms with Gasteiger partial charge in [0.05, 0.1) is 0 Å². The Labute approximate surface area is 326 Å². The number of hydrogen-bond acceptors (Lipinski definition) is 6. The molecule has 1 spiro atoms. The zero-order valence-electron chi connectivity index (χ0n) is 29.8. The molecule has 1 unspecified atom stereocenters. The molecule has 0 bridgehead atoms. The van der Waals surface area contributed by atoms with Gasteiger partial charge in [0.2, 0.25) is 0 Å². The average molecular weight is 736 g/mol. The van der Waals surface area contributed by atoms with E-state index in [1.807, 2.05) is 96.3 Å². The summed E-state index contributed by atoms with van der Waals surface area (Å²) in [6.45, 7) is 0. The zero-order valence-corrected chi connectivity index (χ0v) is 30.6. The van der Waals surface area contributed by atoms with Gasteiger partial charge in [-0.3, -0.25) is 0 Å². The molecule has 2 aromatic heterocycles. The molecule has 1 aliphatic heterocycles. The van der Waals surface area contributed by atoms with Gasteiger partial charge in [0, 0.05) is 37.2 Å². The number of ether oxygens (including phenoxy) is 2. The van der Waals surface area contributed by atoms with Gasteiger partial charge in [-0.05, 0) is 51.6 Å². The number of hydrogen-bond donors (Lipinski definition) is 0. The molecule has 56 heavy (non-hydrogen) atoms. The fourth-order valence-electron chi connectivity index (χ4n) is 8.78. The average Bonchev–Trinajstić information content (AvgIpc) is 3.90. The van der Waals surface area contributed by atoms with Crippen molar-refractivity contribution in [3.8, 4) is 67.9 Å². The first-order valence-electron chi connectivity index (χ1n) is 18.7. The second kappa shape index (κ2) is 11.9. The number of nitrogens with zero attached hydrogens (tertiary/aromatic N) is 3. The van der Waals surface area contributed by atoms with E-state index >= 15 is 0 Å². The molecule has 0 saturated carbocycles. The number of para-hydroxylation sites is 2. The van der Waals surface area contributed by atoms with Crippen LogP contribution in [0.1, 0.15) is 21.6 Å². The topological polar surface area (TPSA) is 57.1 Å². The van der Waals surface area contributed by atoms with Gasteiger partial charge in [-0.15, -0.1) is 11.3 Å². The van der Waals surface area contributed by atoms with Crippen LogP contribution in [0.5, 0.6) is 11.5 Å². The third-order valence-electron chi connectivity index (χ3n) is 11.2. The van der Waals surface area contributed by atoms with Gasteiger partial charge in [-0.25, -0.2) is 15.0 Å². The summed E-state index contributed by atoms with van der Waals surface area (Å²) in [4.78, 5) is 16.1. The van der Waals surface area contributed by atoms with Crippen molar-refractivity contribution in [3.05, 3.63) is 203 Å². The van der Waals surface area contributed by atoms with Gasteiger partial charge in [0.1, 0.15) is 5.41 Å². The van der Waals surface area contributed by atoms with Crippen molar-refractivity contribution in [2.24, 2.45) is 0 Å². The van der Waals surface area contributed by atoms with Gasteiger partial charge in [0.25, 0.3) is 0 Å². The SMILES string of the molecule is c1ccc(-c2nc(-c3ccccc3)nc(-c3ccc(-c4cccc5c4-c4ccccc4C54C5=C(Oc6ccccc6O5)c5c4sc4ccccc54)cc3)n2)cc1. The first-order chi connectivity index (χ1) is 27.8. The quantitative estimate of drug-likeness (QED) is 0.180. The largest absolute Gasteiger partial charge is 0.452 e. The van der Waals surface area contributed by atoms with Crippen LogP contribution in [0.15, 0.2) is 182 Å². The van der Waals surface area contributed by atoms with Crippen molar-refractivity contribution >= 4 is 27.2 Å². The fourth-order valence-corrected chi connectivity index (χ4v) is 10.2. The molecule has 0 radical (unpaired) electrons. The second-order valence-electron chi connectivity index (χ2n) is 14.3. The van der Waals surface area contributed by atoms with E-state index in [9.17, 15) is 0 Å². The summed E-state index contributed by atoms with van der Waals surface area (Å²) in [7, 11) is 0. The molecule has 7 aromatic carbocycles. The maximum Gasteiger partial charge on any atom is 0.176 e. The molecular weight excluding hydrogens is 707 g/mol. The summed E-state index contributed by atoms with van der Waals surface area (Å²) >= 11 is 1.83. The van der Waals surface area contributed by atoms with Gasteiger partial charge >= 0.3 is 0 Å². The summed E-state index contributed by atoms with van der Waals surface area (Å²) in [5, 5.41) is 1.18. The van der Waals surface area contributed by atoms with Crippen LogP contribution < -0.4 is 9.47 Å². The second-order valence-corrected chi connectivity index (χ2v) is 15.3. The number of benzene rings is 7. The Morgan fingerprint density at radius 3 is 1.66 bits per heavy atom. The predicted octanol–water partition coefficient (Wildman–Crippen LogP) is 12.2. The van der Waals surface area contributed by atoms with Crippen molar-refractivity contribution < 1.29 is 9.47 Å². The molecular formula is C50H29N3O2S. The molecule has 0 amide bonds. The van der Waals surface area contributed by atoms with E-state index in [4.69, 9.17) is 24.4 Å². The number of aromatic nitrogens is 3. The molecule has 9 aromatic rings. The highest BCUT2D eigenvalue weighted by atomic mass is 32.1. The molecule has 3 aliphatic rings. The van der Waals surface area contributed by atoms with Crippen LogP contribution in [-0.2, 0) is 5.41 Å². The first-order valence-corrected chi connectivity index (χ1v) is 19.5. The lowest BCUT2D eigenvalue weighted by molar-refractivity contribution is 0.317. The summed E-state index contributed by atoms with van der Waals surface area (Å²) in [6, 6.07) is 60.9. The highest BCUT2D eigenvalue weighted by molar-refractivity contribution is 7.19. The van der Waals surface area contributed by atoms with Crippen LogP contribution in [-0.4, -0.2) is 15.0 Å². The van der Waals surface area contributed by atoms with Crippen LogP contribution in [0.25, 0.3) is 72.3 Å². The Morgan fingerprint density at radius 1 is 0.411 bits per heavy atom. The minimum absolute atomic E-state index is 0.629. The normalized spacial score (nSPS) is 15.8. The number of allylic oxidation sites excluding steroid dienone is 1. The molecule has 3 heterocycles. The van der Waals surface area contributed by atoms with Gasteiger partial charge < -0.3 is 9.47 Å². The molecule has 5 nitrogen and oxygen atoms in total. The van der Waals surface area contributed by atoms with Crippen LogP contribution in [0, 0.1) is 0 Å². The van der Waals surface area contributed by atoms with Crippen molar-refractivity contribution in [3.63, 3.8) is 0 Å². The minimum atomic E-state index is -0.684. The molecule has 6 heteroatoms. The Morgan fingerprint density at radius 2 is 0.946 bits per heavy atom. The Kier molecular flexibility index (Phi) is 6.65. The molecule has 2 aliphatic carbocycles. The minimum Gasteiger partial charge on any atom is -0.452 e. The number of fused-ring (bicyclic) bond motifs is 12. The predicted molar refractivity (Wildman–Crippen MR) is 223 cm³/mol. The van der Waals surface area contributed by atoms with E-state index in [0.29, 0.717) is 17.5 Å². The van der Waals surface area contributed by atoms with Crippen LogP contribution in [0.4, 0.5) is 0 Å². The van der Waals surface area contributed by atoms with Gasteiger partial charge in [-0.1, -0.05) is 158 Å². The lowest BCUT2D eigenvalue weighted by Gasteiger charge is -2.32. The fraction of sp³-hybridized carbons (Fsp3) is 0.0200. The van der Waals surface area contributed by atoms with E-state index in [0.717, 1.165) is 56.4 Å². The van der Waals surface area contributed by atoms with E-state index in [-0.39, 0.29) is 0 Å². The number of thiophene rings is 1. The Bertz CT molecular complexity index is 3020. The number of rotatable bonds is 4. The third kappa shape index (κ3) is 4.39. The van der Waals surface area contributed by atoms with E-state index in [1.54, 1.807) is 0 Å². The van der Waals surface area contributed by atoms with E-state index in [1.165, 1.54) is 37.2 Å². The summed E-state index contributed by atoms with van der Waals surface area (Å²) in [5.41, 5.74) is 10.3. The molecule has 1 atom stereocenters. The third-order valence-corrected chi connectivity index (χ3v) is 12.5. The van der Waals surface area contributed by atoms with E-state index < -0.39 is 5.41 Å². The van der Waals surface area contributed by atoms with Gasteiger partial charge in [-0.2, -0.15) is 0 Å². The van der Waals surface area contributed by atoms with Crippen LogP contribution >= 0.6 is 11.3 Å². The lowest BCUT2D eigenvalue weighted by atomic mass is 9.76. The van der Waals surface area contributed by atoms with Gasteiger partial charge in [0.15, 0.2) is 40.5 Å². The highest BCUT2D eigenvalue weighted by Crippen LogP contribution is 2.67. The van der Waals surface area contributed by atoms with Crippen molar-refractivity contribution in [1.82, 2.24) is 15.0 Å². The van der Waals surface area contributed by atoms with Crippen LogP contribution in [0.2, 0.25) is 0 Å². The summed E-state index contributed by atoms with van der Waals surface area (Å²) < 4.78 is 15.1. The monoisotopic (exact) mass is 735 g/mol. The maximum absolute atomic E-state index is 7.03. The smallest absolute Gasteiger partial charge is 0.176 e. The summed E-state index contributed by atoms with van der Waals surface area (Å²) in [6.07, 6.45) is 0. The Balaban J connectivity index is 1.03. The molecule has 0 fully saturated rings. The Hall–Kier alpha value is -7.15. The molecule has 12 rings (SSSR count). The highest BCUT2D eigenvalue weighted by Gasteiger charge is 2.59.